The van der Waals surface area contributed by atoms with Crippen LogP contribution >= 0.6 is 0 Å². The lowest BCUT2D eigenvalue weighted by molar-refractivity contribution is -0.141. The van der Waals surface area contributed by atoms with Crippen LogP contribution in [0, 0.1) is 0 Å². The molecule has 8 nitrogen and oxygen atoms in total. The van der Waals surface area contributed by atoms with Crippen LogP contribution in [0.4, 0.5) is 0 Å². The molecule has 0 aliphatic carbocycles. The summed E-state index contributed by atoms with van der Waals surface area (Å²) < 4.78 is 7.33. The average molecular weight is 357 g/mol. The van der Waals surface area contributed by atoms with E-state index in [9.17, 15) is 19.2 Å². The van der Waals surface area contributed by atoms with Crippen molar-refractivity contribution in [3.8, 4) is 0 Å². The van der Waals surface area contributed by atoms with E-state index in [1.54, 1.807) is 24.3 Å². The molecule has 8 heteroatoms. The highest BCUT2D eigenvalue weighted by molar-refractivity contribution is 5.97. The highest BCUT2D eigenvalue weighted by Crippen LogP contribution is 2.07. The van der Waals surface area contributed by atoms with E-state index in [1.807, 2.05) is 6.07 Å². The maximum absolute atomic E-state index is 12.3. The molecule has 136 valence electrons. The lowest BCUT2D eigenvalue weighted by atomic mass is 10.2. The molecule has 26 heavy (non-hydrogen) atoms. The van der Waals surface area contributed by atoms with Gasteiger partial charge in [-0.15, -0.1) is 0 Å². The molecular weight excluding hydrogens is 338 g/mol. The Bertz CT molecular complexity index is 971. The Morgan fingerprint density at radius 2 is 1.77 bits per heavy atom. The van der Waals surface area contributed by atoms with E-state index >= 15 is 0 Å². The van der Waals surface area contributed by atoms with Gasteiger partial charge in [0.1, 0.15) is 12.3 Å². The van der Waals surface area contributed by atoms with Crippen LogP contribution in [0.1, 0.15) is 18.2 Å². The molecular formula is C18H19N3O5. The van der Waals surface area contributed by atoms with Gasteiger partial charge in [0.2, 0.25) is 5.91 Å². The van der Waals surface area contributed by atoms with Crippen LogP contribution in [-0.4, -0.2) is 21.0 Å². The number of hydrogen-bond acceptors (Lipinski definition) is 5. The lowest BCUT2D eigenvalue weighted by Gasteiger charge is -2.12. The third-order valence-corrected chi connectivity index (χ3v) is 3.62. The number of amides is 1. The normalized spacial score (nSPS) is 11.1. The zero-order valence-electron chi connectivity index (χ0n) is 14.7. The van der Waals surface area contributed by atoms with Gasteiger partial charge in [0.15, 0.2) is 0 Å². The van der Waals surface area contributed by atoms with Crippen molar-refractivity contribution in [2.45, 2.75) is 13.5 Å². The van der Waals surface area contributed by atoms with E-state index in [4.69, 9.17) is 4.74 Å². The van der Waals surface area contributed by atoms with Crippen LogP contribution in [-0.2, 0) is 35.0 Å². The number of nitrogens with one attached hydrogen (secondary N) is 1. The fourth-order valence-electron chi connectivity index (χ4n) is 2.19. The van der Waals surface area contributed by atoms with Crippen LogP contribution in [0.2, 0.25) is 0 Å². The second-order valence-corrected chi connectivity index (χ2v) is 5.60. The molecule has 1 heterocycles. The first-order chi connectivity index (χ1) is 12.3. The predicted molar refractivity (Wildman–Crippen MR) is 95.0 cm³/mol. The topological polar surface area (TPSA) is 99.4 Å². The minimum Gasteiger partial charge on any atom is -0.455 e. The van der Waals surface area contributed by atoms with E-state index in [1.165, 1.54) is 37.7 Å². The third kappa shape index (κ3) is 4.56. The Morgan fingerprint density at radius 3 is 2.38 bits per heavy atom. The van der Waals surface area contributed by atoms with E-state index in [0.717, 1.165) is 4.57 Å². The second-order valence-electron chi connectivity index (χ2n) is 5.60. The Hall–Kier alpha value is -3.42. The Balaban J connectivity index is 2.23. The quantitative estimate of drug-likeness (QED) is 0.613. The zero-order chi connectivity index (χ0) is 19.3. The average Bonchev–Trinajstić information content (AvgIpc) is 2.61. The molecule has 0 aliphatic heterocycles. The van der Waals surface area contributed by atoms with E-state index in [2.05, 4.69) is 5.32 Å². The lowest BCUT2D eigenvalue weighted by Crippen LogP contribution is -2.38. The highest BCUT2D eigenvalue weighted by atomic mass is 16.5. The zero-order valence-corrected chi connectivity index (χ0v) is 14.7. The Kier molecular flexibility index (Phi) is 5.90. The van der Waals surface area contributed by atoms with Crippen molar-refractivity contribution in [2.75, 3.05) is 0 Å². The summed E-state index contributed by atoms with van der Waals surface area (Å²) in [6.45, 7) is 0.989. The molecule has 1 aromatic carbocycles. The summed E-state index contributed by atoms with van der Waals surface area (Å²) in [7, 11) is 2.83. The van der Waals surface area contributed by atoms with Crippen molar-refractivity contribution in [3.63, 3.8) is 0 Å². The van der Waals surface area contributed by atoms with Crippen LogP contribution in [0.15, 0.2) is 51.7 Å². The molecule has 0 aliphatic rings. The molecule has 0 radical (unpaired) electrons. The van der Waals surface area contributed by atoms with Crippen molar-refractivity contribution in [1.82, 2.24) is 14.5 Å². The standard InChI is InChI=1S/C18H19N3O5/c1-12(22)19-15(9-13-7-5-4-6-8-13)17(24)26-11-14-10-16(23)21(3)18(25)20(14)2/h4-10H,11H2,1-3H3,(H,19,22)/b15-9-. The van der Waals surface area contributed by atoms with Crippen LogP contribution in [0.3, 0.4) is 0 Å². The monoisotopic (exact) mass is 357 g/mol. The molecule has 1 amide bonds. The Morgan fingerprint density at radius 1 is 1.12 bits per heavy atom. The summed E-state index contributed by atoms with van der Waals surface area (Å²) in [6, 6.07) is 10.1. The number of hydrogen-bond donors (Lipinski definition) is 1. The van der Waals surface area contributed by atoms with E-state index in [-0.39, 0.29) is 18.0 Å². The third-order valence-electron chi connectivity index (χ3n) is 3.62. The fourth-order valence-corrected chi connectivity index (χ4v) is 2.19. The summed E-state index contributed by atoms with van der Waals surface area (Å²) in [5.41, 5.74) is -0.119. The number of nitrogens with zero attached hydrogens (tertiary/aromatic N) is 2. The number of benzene rings is 1. The maximum atomic E-state index is 12.3. The SMILES string of the molecule is CC(=O)N/C(=C\c1ccccc1)C(=O)OCc1cc(=O)n(C)c(=O)n1C. The molecule has 0 atom stereocenters. The van der Waals surface area contributed by atoms with Gasteiger partial charge < -0.3 is 10.1 Å². The van der Waals surface area contributed by atoms with Crippen LogP contribution in [0.25, 0.3) is 6.08 Å². The van der Waals surface area contributed by atoms with Gasteiger partial charge in [-0.1, -0.05) is 30.3 Å². The highest BCUT2D eigenvalue weighted by Gasteiger charge is 2.15. The Labute approximate surface area is 149 Å². The smallest absolute Gasteiger partial charge is 0.355 e. The maximum Gasteiger partial charge on any atom is 0.355 e. The van der Waals surface area contributed by atoms with Gasteiger partial charge in [-0.3, -0.25) is 18.7 Å². The summed E-state index contributed by atoms with van der Waals surface area (Å²) in [6.07, 6.45) is 1.48. The van der Waals surface area contributed by atoms with Gasteiger partial charge in [-0.2, -0.15) is 0 Å². The molecule has 0 saturated heterocycles. The summed E-state index contributed by atoms with van der Waals surface area (Å²) in [5.74, 6) is -1.21. The summed E-state index contributed by atoms with van der Waals surface area (Å²) in [5, 5.41) is 2.42. The predicted octanol–water partition coefficient (Wildman–Crippen LogP) is 0.304. The summed E-state index contributed by atoms with van der Waals surface area (Å²) >= 11 is 0. The second kappa shape index (κ2) is 8.11. The number of aromatic nitrogens is 2. The van der Waals surface area contributed by atoms with Crippen molar-refractivity contribution >= 4 is 18.0 Å². The van der Waals surface area contributed by atoms with E-state index in [0.29, 0.717) is 5.56 Å². The number of carbonyl (C=O) groups excluding carboxylic acids is 2. The number of ether oxygens (including phenoxy) is 1. The molecule has 1 aromatic heterocycles. The molecule has 0 fully saturated rings. The number of rotatable bonds is 5. The molecule has 0 unspecified atom stereocenters. The molecule has 2 aromatic rings. The van der Waals surface area contributed by atoms with Crippen LogP contribution in [0.5, 0.6) is 0 Å². The van der Waals surface area contributed by atoms with Gasteiger partial charge in [0.25, 0.3) is 5.56 Å². The molecule has 0 bridgehead atoms. The number of esters is 1. The van der Waals surface area contributed by atoms with E-state index < -0.39 is 23.1 Å². The first-order valence-electron chi connectivity index (χ1n) is 7.77. The number of carbonyl (C=O) groups is 2. The van der Waals surface area contributed by atoms with Gasteiger partial charge in [0.05, 0.1) is 5.69 Å². The van der Waals surface area contributed by atoms with Gasteiger partial charge >= 0.3 is 11.7 Å². The first-order valence-corrected chi connectivity index (χ1v) is 7.77. The van der Waals surface area contributed by atoms with Crippen molar-refractivity contribution in [2.24, 2.45) is 14.1 Å². The minimum atomic E-state index is -0.780. The molecule has 0 saturated carbocycles. The molecule has 0 spiro atoms. The summed E-state index contributed by atoms with van der Waals surface area (Å²) in [4.78, 5) is 47.3. The molecule has 2 rings (SSSR count). The largest absolute Gasteiger partial charge is 0.455 e. The fraction of sp³-hybridized carbons (Fsp3) is 0.222. The first kappa shape index (κ1) is 18.9. The van der Waals surface area contributed by atoms with Gasteiger partial charge in [0, 0.05) is 27.1 Å². The van der Waals surface area contributed by atoms with Crippen molar-refractivity contribution in [3.05, 3.63) is 74.2 Å². The van der Waals surface area contributed by atoms with Crippen LogP contribution < -0.4 is 16.6 Å². The molecule has 1 N–H and O–H groups in total. The van der Waals surface area contributed by atoms with Crippen molar-refractivity contribution < 1.29 is 14.3 Å². The van der Waals surface area contributed by atoms with Gasteiger partial charge in [-0.25, -0.2) is 9.59 Å². The minimum absolute atomic E-state index is 0.0440. The van der Waals surface area contributed by atoms with Crippen molar-refractivity contribution in [1.29, 1.82) is 0 Å². The van der Waals surface area contributed by atoms with Gasteiger partial charge in [-0.05, 0) is 11.6 Å².